The van der Waals surface area contributed by atoms with Gasteiger partial charge in [0.2, 0.25) is 5.91 Å². The van der Waals surface area contributed by atoms with E-state index in [-0.39, 0.29) is 30.4 Å². The number of benzene rings is 2. The van der Waals surface area contributed by atoms with Crippen molar-refractivity contribution in [1.82, 2.24) is 5.32 Å². The van der Waals surface area contributed by atoms with Crippen LogP contribution in [0.15, 0.2) is 53.7 Å². The maximum atomic E-state index is 13.2. The summed E-state index contributed by atoms with van der Waals surface area (Å²) in [5.74, 6) is 0.0581. The zero-order valence-electron chi connectivity index (χ0n) is 17.6. The van der Waals surface area contributed by atoms with Gasteiger partial charge in [0.1, 0.15) is 11.5 Å². The van der Waals surface area contributed by atoms with Gasteiger partial charge in [-0.15, -0.1) is 0 Å². The lowest BCUT2D eigenvalue weighted by Crippen LogP contribution is -2.38. The molecule has 168 valence electrons. The molecule has 0 saturated carbocycles. The van der Waals surface area contributed by atoms with E-state index in [0.29, 0.717) is 34.8 Å². The molecule has 8 heteroatoms. The fourth-order valence-electron chi connectivity index (χ4n) is 4.53. The summed E-state index contributed by atoms with van der Waals surface area (Å²) in [5.41, 5.74) is 1.55. The van der Waals surface area contributed by atoms with Gasteiger partial charge in [-0.1, -0.05) is 12.1 Å². The number of alkyl halides is 3. The monoisotopic (exact) mass is 445 g/mol. The zero-order valence-corrected chi connectivity index (χ0v) is 17.6. The summed E-state index contributed by atoms with van der Waals surface area (Å²) in [5, 5.41) is 2.82. The lowest BCUT2D eigenvalue weighted by atomic mass is 9.73. The topological polar surface area (TPSA) is 64.6 Å². The average Bonchev–Trinajstić information content (AvgIpc) is 2.77. The molecule has 32 heavy (non-hydrogen) atoms. The van der Waals surface area contributed by atoms with Crippen molar-refractivity contribution in [2.24, 2.45) is 0 Å². The highest BCUT2D eigenvalue weighted by atomic mass is 19.4. The minimum absolute atomic E-state index is 0.0169. The van der Waals surface area contributed by atoms with E-state index >= 15 is 0 Å². The number of nitrogens with one attached hydrogen (secondary N) is 1. The number of Topliss-reactive ketones (excluding diaryl/α,β-unsaturated/α-hetero) is 1. The summed E-state index contributed by atoms with van der Waals surface area (Å²) in [6.45, 7) is 0. The number of amides is 1. The molecule has 1 heterocycles. The van der Waals surface area contributed by atoms with Gasteiger partial charge in [-0.25, -0.2) is 0 Å². The second-order valence-electron chi connectivity index (χ2n) is 7.95. The normalized spacial score (nSPS) is 21.2. The minimum Gasteiger partial charge on any atom is -0.497 e. The predicted molar refractivity (Wildman–Crippen MR) is 110 cm³/mol. The summed E-state index contributed by atoms with van der Waals surface area (Å²) in [6, 6.07) is 10.0. The Labute approximate surface area is 183 Å². The molecule has 2 atom stereocenters. The van der Waals surface area contributed by atoms with E-state index in [0.717, 1.165) is 17.7 Å². The van der Waals surface area contributed by atoms with Gasteiger partial charge in [-0.2, -0.15) is 13.2 Å². The smallest absolute Gasteiger partial charge is 0.416 e. The molecule has 2 aliphatic rings. The molecule has 1 amide bonds. The summed E-state index contributed by atoms with van der Waals surface area (Å²) in [7, 11) is 3.10. The first-order chi connectivity index (χ1) is 15.2. The number of rotatable bonds is 4. The molecule has 0 saturated heterocycles. The number of ether oxygens (including phenoxy) is 2. The maximum absolute atomic E-state index is 13.2. The largest absolute Gasteiger partial charge is 0.497 e. The lowest BCUT2D eigenvalue weighted by Gasteiger charge is -2.35. The van der Waals surface area contributed by atoms with Crippen LogP contribution in [0.3, 0.4) is 0 Å². The van der Waals surface area contributed by atoms with E-state index in [1.165, 1.54) is 12.1 Å². The third-order valence-electron chi connectivity index (χ3n) is 6.05. The molecule has 0 bridgehead atoms. The van der Waals surface area contributed by atoms with Crippen molar-refractivity contribution in [3.8, 4) is 11.5 Å². The number of allylic oxidation sites excluding steroid dienone is 2. The molecular weight excluding hydrogens is 423 g/mol. The van der Waals surface area contributed by atoms with Crippen molar-refractivity contribution in [2.75, 3.05) is 14.2 Å². The summed E-state index contributed by atoms with van der Waals surface area (Å²) < 4.78 is 49.5. The molecule has 0 aromatic heterocycles. The molecule has 1 aliphatic carbocycles. The summed E-state index contributed by atoms with van der Waals surface area (Å²) >= 11 is 0. The Morgan fingerprint density at radius 1 is 0.938 bits per heavy atom. The molecule has 1 aliphatic heterocycles. The predicted octanol–water partition coefficient (Wildman–Crippen LogP) is 4.73. The molecular formula is C24H22F3NO4. The Morgan fingerprint density at radius 2 is 1.66 bits per heavy atom. The number of carbonyl (C=O) groups excluding carboxylic acids is 2. The van der Waals surface area contributed by atoms with Gasteiger partial charge in [-0.3, -0.25) is 9.59 Å². The van der Waals surface area contributed by atoms with E-state index in [1.54, 1.807) is 26.4 Å². The van der Waals surface area contributed by atoms with Crippen molar-refractivity contribution in [2.45, 2.75) is 37.3 Å². The second kappa shape index (κ2) is 8.33. The van der Waals surface area contributed by atoms with E-state index in [9.17, 15) is 22.8 Å². The van der Waals surface area contributed by atoms with Crippen molar-refractivity contribution in [3.63, 3.8) is 0 Å². The van der Waals surface area contributed by atoms with Crippen LogP contribution in [0.5, 0.6) is 11.5 Å². The Bertz CT molecular complexity index is 1090. The summed E-state index contributed by atoms with van der Waals surface area (Å²) in [6.07, 6.45) is -3.82. The van der Waals surface area contributed by atoms with Crippen LogP contribution in [0.25, 0.3) is 0 Å². The highest BCUT2D eigenvalue weighted by Gasteiger charge is 2.39. The fraction of sp³-hybridized carbons (Fsp3) is 0.333. The molecule has 5 nitrogen and oxygen atoms in total. The van der Waals surface area contributed by atoms with Gasteiger partial charge < -0.3 is 14.8 Å². The molecule has 2 aromatic carbocycles. The number of hydrogen-bond donors (Lipinski definition) is 1. The number of carbonyl (C=O) groups is 2. The maximum Gasteiger partial charge on any atom is 0.416 e. The zero-order chi connectivity index (χ0) is 23.0. The first-order valence-electron chi connectivity index (χ1n) is 10.2. The molecule has 1 N–H and O–H groups in total. The number of methoxy groups -OCH3 is 2. The van der Waals surface area contributed by atoms with Crippen molar-refractivity contribution >= 4 is 11.7 Å². The molecule has 0 spiro atoms. The van der Waals surface area contributed by atoms with Crippen molar-refractivity contribution in [3.05, 3.63) is 70.4 Å². The van der Waals surface area contributed by atoms with E-state index in [2.05, 4.69) is 5.32 Å². The van der Waals surface area contributed by atoms with Crippen LogP contribution >= 0.6 is 0 Å². The summed E-state index contributed by atoms with van der Waals surface area (Å²) in [4.78, 5) is 25.6. The Kier molecular flexibility index (Phi) is 5.71. The first kappa shape index (κ1) is 21.9. The number of hydrogen-bond acceptors (Lipinski definition) is 4. The van der Waals surface area contributed by atoms with E-state index in [4.69, 9.17) is 9.47 Å². The van der Waals surface area contributed by atoms with Gasteiger partial charge >= 0.3 is 6.18 Å². The third kappa shape index (κ3) is 4.09. The Hall–Kier alpha value is -3.29. The lowest BCUT2D eigenvalue weighted by molar-refractivity contribution is -0.137. The Morgan fingerprint density at radius 3 is 2.28 bits per heavy atom. The fourth-order valence-corrected chi connectivity index (χ4v) is 4.53. The van der Waals surface area contributed by atoms with E-state index < -0.39 is 17.7 Å². The standard InChI is InChI=1S/C24H22F3NO4/c1-31-16-7-8-21(32-2)17(11-16)14-9-19-23(20(29)10-14)18(12-22(30)28-19)13-3-5-15(6-4-13)24(25,26)27/h3-8,11,14,18H,9-10,12H2,1-2H3,(H,28,30)/t14-,18+/m0/s1. The van der Waals surface area contributed by atoms with Crippen LogP contribution in [0.4, 0.5) is 13.2 Å². The van der Waals surface area contributed by atoms with E-state index in [1.807, 2.05) is 6.07 Å². The van der Waals surface area contributed by atoms with Crippen LogP contribution in [0.2, 0.25) is 0 Å². The molecule has 0 unspecified atom stereocenters. The second-order valence-corrected chi connectivity index (χ2v) is 7.95. The minimum atomic E-state index is -4.45. The van der Waals surface area contributed by atoms with Gasteiger partial charge in [0.25, 0.3) is 0 Å². The molecule has 0 radical (unpaired) electrons. The highest BCUT2D eigenvalue weighted by Crippen LogP contribution is 2.45. The van der Waals surface area contributed by atoms with Crippen LogP contribution in [-0.4, -0.2) is 25.9 Å². The van der Waals surface area contributed by atoms with Gasteiger partial charge in [0.05, 0.1) is 19.8 Å². The number of ketones is 1. The van der Waals surface area contributed by atoms with Crippen molar-refractivity contribution in [1.29, 1.82) is 0 Å². The quantitative estimate of drug-likeness (QED) is 0.739. The van der Waals surface area contributed by atoms with Crippen LogP contribution in [-0.2, 0) is 15.8 Å². The van der Waals surface area contributed by atoms with Gasteiger partial charge in [0.15, 0.2) is 5.78 Å². The van der Waals surface area contributed by atoms with Crippen molar-refractivity contribution < 1.29 is 32.2 Å². The Balaban J connectivity index is 1.70. The average molecular weight is 445 g/mol. The van der Waals surface area contributed by atoms with Crippen LogP contribution < -0.4 is 14.8 Å². The number of halogens is 3. The molecule has 2 aromatic rings. The first-order valence-corrected chi connectivity index (χ1v) is 10.2. The van der Waals surface area contributed by atoms with Crippen LogP contribution in [0, 0.1) is 0 Å². The van der Waals surface area contributed by atoms with Crippen LogP contribution in [0.1, 0.15) is 47.8 Å². The van der Waals surface area contributed by atoms with Gasteiger partial charge in [-0.05, 0) is 42.3 Å². The highest BCUT2D eigenvalue weighted by molar-refractivity contribution is 6.02. The third-order valence-corrected chi connectivity index (χ3v) is 6.05. The molecule has 0 fully saturated rings. The van der Waals surface area contributed by atoms with Gasteiger partial charge in [0, 0.05) is 41.5 Å². The SMILES string of the molecule is COc1ccc(OC)c([C@@H]2CC(=O)C3=C(C2)NC(=O)C[C@@H]3c2ccc(C(F)(F)F)cc2)c1. The molecule has 4 rings (SSSR count).